The number of amides is 1. The second-order valence-corrected chi connectivity index (χ2v) is 7.35. The maximum Gasteiger partial charge on any atom is 0.222 e. The van der Waals surface area contributed by atoms with E-state index in [9.17, 15) is 4.79 Å². The van der Waals surface area contributed by atoms with E-state index in [0.29, 0.717) is 12.3 Å². The molecule has 0 bridgehead atoms. The Hall–Kier alpha value is -0.530. The van der Waals surface area contributed by atoms with Gasteiger partial charge in [-0.05, 0) is 44.4 Å². The van der Waals surface area contributed by atoms with Gasteiger partial charge in [-0.2, -0.15) is 0 Å². The molecule has 0 atom stereocenters. The predicted molar refractivity (Wildman–Crippen MR) is 72.9 cm³/mol. The van der Waals surface area contributed by atoms with Crippen LogP contribution >= 0.6 is 0 Å². The number of rotatable bonds is 5. The van der Waals surface area contributed by atoms with Crippen molar-refractivity contribution < 1.29 is 4.79 Å². The molecule has 1 amide bonds. The number of nitrogens with zero attached hydrogens (tertiary/aromatic N) is 1. The van der Waals surface area contributed by atoms with Crippen molar-refractivity contribution >= 4 is 5.91 Å². The van der Waals surface area contributed by atoms with E-state index < -0.39 is 0 Å². The van der Waals surface area contributed by atoms with E-state index in [4.69, 9.17) is 0 Å². The van der Waals surface area contributed by atoms with Crippen molar-refractivity contribution in [1.29, 1.82) is 0 Å². The van der Waals surface area contributed by atoms with Gasteiger partial charge in [-0.3, -0.25) is 4.79 Å². The molecule has 2 heteroatoms. The van der Waals surface area contributed by atoms with Crippen LogP contribution in [0.1, 0.15) is 67.2 Å². The van der Waals surface area contributed by atoms with Gasteiger partial charge in [0.2, 0.25) is 5.91 Å². The second kappa shape index (κ2) is 4.99. The average Bonchev–Trinajstić information content (AvgIpc) is 2.92. The van der Waals surface area contributed by atoms with Gasteiger partial charge in [0.1, 0.15) is 0 Å². The van der Waals surface area contributed by atoms with Gasteiger partial charge in [0, 0.05) is 18.5 Å². The van der Waals surface area contributed by atoms with Crippen LogP contribution in [0.3, 0.4) is 0 Å². The molecule has 0 heterocycles. The lowest BCUT2D eigenvalue weighted by Gasteiger charge is -2.42. The summed E-state index contributed by atoms with van der Waals surface area (Å²) in [7, 11) is 0. The molecular formula is C15H29NO. The van der Waals surface area contributed by atoms with Crippen LogP contribution in [-0.4, -0.2) is 22.9 Å². The third-order valence-electron chi connectivity index (χ3n) is 3.43. The summed E-state index contributed by atoms with van der Waals surface area (Å²) >= 11 is 0. The lowest BCUT2D eigenvalue weighted by molar-refractivity contribution is -0.137. The minimum absolute atomic E-state index is 0.0199. The number of hydrogen-bond acceptors (Lipinski definition) is 1. The minimum Gasteiger partial charge on any atom is -0.337 e. The van der Waals surface area contributed by atoms with Gasteiger partial charge >= 0.3 is 0 Å². The highest BCUT2D eigenvalue weighted by molar-refractivity contribution is 5.76. The van der Waals surface area contributed by atoms with E-state index in [0.717, 1.165) is 18.9 Å². The lowest BCUT2D eigenvalue weighted by atomic mass is 9.80. The molecule has 1 fully saturated rings. The monoisotopic (exact) mass is 239 g/mol. The zero-order chi connectivity index (χ0) is 13.3. The summed E-state index contributed by atoms with van der Waals surface area (Å²) in [6.45, 7) is 14.1. The quantitative estimate of drug-likeness (QED) is 0.713. The Labute approximate surface area is 107 Å². The fraction of sp³-hybridized carbons (Fsp3) is 0.933. The predicted octanol–water partition coefficient (Wildman–Crippen LogP) is 3.85. The van der Waals surface area contributed by atoms with Gasteiger partial charge in [0.15, 0.2) is 0 Å². The van der Waals surface area contributed by atoms with E-state index in [2.05, 4.69) is 39.5 Å². The molecule has 0 saturated heterocycles. The van der Waals surface area contributed by atoms with E-state index in [1.807, 2.05) is 6.92 Å². The van der Waals surface area contributed by atoms with Crippen LogP contribution in [0.4, 0.5) is 0 Å². The first-order chi connectivity index (χ1) is 7.65. The van der Waals surface area contributed by atoms with Crippen LogP contribution in [0.2, 0.25) is 0 Å². The third kappa shape index (κ3) is 4.69. The van der Waals surface area contributed by atoms with Crippen molar-refractivity contribution in [3.63, 3.8) is 0 Å². The summed E-state index contributed by atoms with van der Waals surface area (Å²) < 4.78 is 0. The van der Waals surface area contributed by atoms with Crippen LogP contribution in [0.15, 0.2) is 0 Å². The summed E-state index contributed by atoms with van der Waals surface area (Å²) in [4.78, 5) is 14.3. The fourth-order valence-electron chi connectivity index (χ4n) is 2.83. The fourth-order valence-corrected chi connectivity index (χ4v) is 2.83. The van der Waals surface area contributed by atoms with Crippen LogP contribution in [0.25, 0.3) is 0 Å². The van der Waals surface area contributed by atoms with Crippen LogP contribution in [-0.2, 0) is 4.79 Å². The van der Waals surface area contributed by atoms with Crippen molar-refractivity contribution in [2.75, 3.05) is 6.54 Å². The van der Waals surface area contributed by atoms with Crippen molar-refractivity contribution in [2.24, 2.45) is 11.3 Å². The van der Waals surface area contributed by atoms with E-state index >= 15 is 0 Å². The molecule has 1 aliphatic carbocycles. The topological polar surface area (TPSA) is 20.3 Å². The van der Waals surface area contributed by atoms with Crippen LogP contribution < -0.4 is 0 Å². The highest BCUT2D eigenvalue weighted by Crippen LogP contribution is 2.36. The minimum atomic E-state index is -0.0199. The lowest BCUT2D eigenvalue weighted by Crippen LogP contribution is -2.50. The maximum atomic E-state index is 12.1. The van der Waals surface area contributed by atoms with Crippen molar-refractivity contribution in [3.8, 4) is 0 Å². The summed E-state index contributed by atoms with van der Waals surface area (Å²) in [6.07, 6.45) is 4.29. The molecule has 2 nitrogen and oxygen atoms in total. The highest BCUT2D eigenvalue weighted by atomic mass is 16.2. The Bertz CT molecular complexity index is 271. The van der Waals surface area contributed by atoms with Gasteiger partial charge in [0.05, 0.1) is 0 Å². The Morgan fingerprint density at radius 3 is 2.06 bits per heavy atom. The SMILES string of the molecule is CCC(=O)N(CC1CC1)C(C)(C)CC(C)(C)C. The van der Waals surface area contributed by atoms with Crippen LogP contribution in [0.5, 0.6) is 0 Å². The van der Waals surface area contributed by atoms with Crippen molar-refractivity contribution in [1.82, 2.24) is 4.90 Å². The van der Waals surface area contributed by atoms with Crippen molar-refractivity contribution in [2.45, 2.75) is 72.8 Å². The molecule has 0 aromatic carbocycles. The van der Waals surface area contributed by atoms with E-state index in [1.54, 1.807) is 0 Å². The number of hydrogen-bond donors (Lipinski definition) is 0. The largest absolute Gasteiger partial charge is 0.337 e. The molecule has 17 heavy (non-hydrogen) atoms. The first-order valence-corrected chi connectivity index (χ1v) is 6.96. The normalized spacial score (nSPS) is 17.1. The molecule has 0 aliphatic heterocycles. The Morgan fingerprint density at radius 1 is 1.18 bits per heavy atom. The molecule has 100 valence electrons. The summed E-state index contributed by atoms with van der Waals surface area (Å²) in [5, 5.41) is 0. The Kier molecular flexibility index (Phi) is 4.27. The first kappa shape index (κ1) is 14.5. The average molecular weight is 239 g/mol. The summed E-state index contributed by atoms with van der Waals surface area (Å²) in [5.41, 5.74) is 0.243. The van der Waals surface area contributed by atoms with E-state index in [1.165, 1.54) is 12.8 Å². The van der Waals surface area contributed by atoms with E-state index in [-0.39, 0.29) is 11.0 Å². The van der Waals surface area contributed by atoms with Crippen LogP contribution in [0, 0.1) is 11.3 Å². The second-order valence-electron chi connectivity index (χ2n) is 7.35. The standard InChI is InChI=1S/C15H29NO/c1-7-13(17)16(10-12-8-9-12)15(5,6)11-14(2,3)4/h12H,7-11H2,1-6H3. The van der Waals surface area contributed by atoms with Gasteiger partial charge in [-0.1, -0.05) is 27.7 Å². The molecule has 1 rings (SSSR count). The molecule has 0 aromatic rings. The maximum absolute atomic E-state index is 12.1. The van der Waals surface area contributed by atoms with Crippen molar-refractivity contribution in [3.05, 3.63) is 0 Å². The molecule has 0 spiro atoms. The van der Waals surface area contributed by atoms with Gasteiger partial charge < -0.3 is 4.90 Å². The third-order valence-corrected chi connectivity index (χ3v) is 3.43. The zero-order valence-corrected chi connectivity index (χ0v) is 12.5. The molecule has 0 radical (unpaired) electrons. The zero-order valence-electron chi connectivity index (χ0n) is 12.5. The number of carbonyl (C=O) groups excluding carboxylic acids is 1. The highest BCUT2D eigenvalue weighted by Gasteiger charge is 2.37. The molecule has 0 unspecified atom stereocenters. The molecular weight excluding hydrogens is 210 g/mol. The van der Waals surface area contributed by atoms with Gasteiger partial charge in [-0.15, -0.1) is 0 Å². The summed E-state index contributed by atoms with van der Waals surface area (Å²) in [5.74, 6) is 1.08. The Balaban J connectivity index is 2.75. The molecule has 0 N–H and O–H groups in total. The molecule has 1 saturated carbocycles. The molecule has 0 aromatic heterocycles. The summed E-state index contributed by atoms with van der Waals surface area (Å²) in [6, 6.07) is 0. The number of carbonyl (C=O) groups is 1. The van der Waals surface area contributed by atoms with Gasteiger partial charge in [0.25, 0.3) is 0 Å². The van der Waals surface area contributed by atoms with Gasteiger partial charge in [-0.25, -0.2) is 0 Å². The Morgan fingerprint density at radius 2 is 1.71 bits per heavy atom. The smallest absolute Gasteiger partial charge is 0.222 e. The molecule has 1 aliphatic rings. The first-order valence-electron chi connectivity index (χ1n) is 6.96.